The second-order valence-electron chi connectivity index (χ2n) is 7.33. The predicted octanol–water partition coefficient (Wildman–Crippen LogP) is 4.53. The highest BCUT2D eigenvalue weighted by atomic mass is 35.5. The number of carbonyl (C=O) groups excluding carboxylic acids is 3. The van der Waals surface area contributed by atoms with Gasteiger partial charge in [-0.05, 0) is 60.7 Å². The number of methoxy groups -OCH3 is 2. The molecule has 4 rings (SSSR count). The molecule has 2 N–H and O–H groups in total. The molecule has 1 aliphatic rings. The highest BCUT2D eigenvalue weighted by molar-refractivity contribution is 6.53. The molecule has 0 saturated carbocycles. The normalized spacial score (nSPS) is 13.2. The molecule has 0 spiro atoms. The van der Waals surface area contributed by atoms with Crippen LogP contribution < -0.4 is 25.0 Å². The molecule has 0 fully saturated rings. The van der Waals surface area contributed by atoms with Crippen molar-refractivity contribution in [1.29, 1.82) is 0 Å². The van der Waals surface area contributed by atoms with Crippen molar-refractivity contribution in [2.75, 3.05) is 29.8 Å². The first-order chi connectivity index (χ1) is 16.8. The number of nitrogens with zero attached hydrogens (tertiary/aromatic N) is 1. The molecule has 0 aromatic heterocycles. The molecule has 10 heteroatoms. The number of anilines is 3. The molecule has 1 aliphatic heterocycles. The highest BCUT2D eigenvalue weighted by Crippen LogP contribution is 2.31. The molecule has 0 unspecified atom stereocenters. The van der Waals surface area contributed by atoms with Crippen molar-refractivity contribution < 1.29 is 28.2 Å². The topological polar surface area (TPSA) is 97.0 Å². The van der Waals surface area contributed by atoms with Gasteiger partial charge in [-0.1, -0.05) is 11.6 Å². The number of amides is 3. The van der Waals surface area contributed by atoms with Gasteiger partial charge in [0.25, 0.3) is 17.7 Å². The minimum Gasteiger partial charge on any atom is -0.497 e. The number of hydrogen-bond acceptors (Lipinski definition) is 6. The van der Waals surface area contributed by atoms with Crippen LogP contribution in [0.2, 0.25) is 0 Å². The van der Waals surface area contributed by atoms with E-state index in [0.717, 1.165) is 17.0 Å². The molecule has 0 saturated heterocycles. The van der Waals surface area contributed by atoms with E-state index < -0.39 is 23.5 Å². The molecular weight excluding hydrogens is 477 g/mol. The number of benzene rings is 3. The molecule has 0 aliphatic carbocycles. The first-order valence-corrected chi connectivity index (χ1v) is 10.6. The number of hydrogen-bond donors (Lipinski definition) is 2. The maximum Gasteiger partial charge on any atom is 0.283 e. The van der Waals surface area contributed by atoms with Gasteiger partial charge in [-0.25, -0.2) is 9.29 Å². The average Bonchev–Trinajstić information content (AvgIpc) is 3.08. The van der Waals surface area contributed by atoms with Crippen LogP contribution in [0.3, 0.4) is 0 Å². The van der Waals surface area contributed by atoms with Crippen molar-refractivity contribution in [1.82, 2.24) is 0 Å². The molecule has 0 radical (unpaired) electrons. The van der Waals surface area contributed by atoms with E-state index in [2.05, 4.69) is 10.6 Å². The monoisotopic (exact) mass is 495 g/mol. The molecule has 35 heavy (non-hydrogen) atoms. The number of carbonyl (C=O) groups is 3. The first-order valence-electron chi connectivity index (χ1n) is 10.3. The third-order valence-electron chi connectivity index (χ3n) is 5.18. The molecule has 1 heterocycles. The number of nitrogens with one attached hydrogen (secondary N) is 2. The molecular formula is C25H19ClFN3O5. The van der Waals surface area contributed by atoms with E-state index in [1.807, 2.05) is 0 Å². The average molecular weight is 496 g/mol. The standard InChI is InChI=1S/C25H19ClFN3O5/c1-34-18-11-12-20(35-2)19(13-18)29-23(31)14-3-7-16(8-4-14)28-22-21(26)24(32)30(25(22)33)17-9-5-15(27)6-10-17/h3-13,28H,1-2H3,(H,29,31). The summed E-state index contributed by atoms with van der Waals surface area (Å²) in [6, 6.07) is 16.1. The minimum absolute atomic E-state index is 0.126. The van der Waals surface area contributed by atoms with Gasteiger partial charge in [0.15, 0.2) is 0 Å². The Hall–Kier alpha value is -4.37. The molecule has 0 bridgehead atoms. The van der Waals surface area contributed by atoms with Gasteiger partial charge in [0.05, 0.1) is 25.6 Å². The third kappa shape index (κ3) is 4.80. The fourth-order valence-corrected chi connectivity index (χ4v) is 3.60. The lowest BCUT2D eigenvalue weighted by molar-refractivity contribution is -0.120. The number of ether oxygens (including phenoxy) is 2. The Morgan fingerprint density at radius 1 is 0.914 bits per heavy atom. The van der Waals surface area contributed by atoms with Crippen molar-refractivity contribution in [2.24, 2.45) is 0 Å². The summed E-state index contributed by atoms with van der Waals surface area (Å²) in [4.78, 5) is 38.9. The van der Waals surface area contributed by atoms with Crippen molar-refractivity contribution in [3.63, 3.8) is 0 Å². The van der Waals surface area contributed by atoms with Crippen LogP contribution in [0.5, 0.6) is 11.5 Å². The van der Waals surface area contributed by atoms with Gasteiger partial charge in [-0.15, -0.1) is 0 Å². The summed E-state index contributed by atoms with van der Waals surface area (Å²) in [5.74, 6) is -1.29. The number of halogens is 2. The second-order valence-corrected chi connectivity index (χ2v) is 7.71. The van der Waals surface area contributed by atoms with Gasteiger partial charge < -0.3 is 20.1 Å². The van der Waals surface area contributed by atoms with E-state index >= 15 is 0 Å². The van der Waals surface area contributed by atoms with Crippen LogP contribution in [-0.2, 0) is 9.59 Å². The minimum atomic E-state index is -0.728. The summed E-state index contributed by atoms with van der Waals surface area (Å²) in [6.45, 7) is 0. The van der Waals surface area contributed by atoms with Crippen molar-refractivity contribution >= 4 is 46.4 Å². The third-order valence-corrected chi connectivity index (χ3v) is 5.53. The van der Waals surface area contributed by atoms with Crippen LogP contribution in [0.4, 0.5) is 21.5 Å². The maximum absolute atomic E-state index is 13.2. The fourth-order valence-electron chi connectivity index (χ4n) is 3.39. The van der Waals surface area contributed by atoms with E-state index in [9.17, 15) is 18.8 Å². The van der Waals surface area contributed by atoms with Crippen LogP contribution in [-0.4, -0.2) is 31.9 Å². The van der Waals surface area contributed by atoms with Crippen LogP contribution in [0, 0.1) is 5.82 Å². The number of rotatable bonds is 7. The SMILES string of the molecule is COc1ccc(OC)c(NC(=O)c2ccc(NC3=C(Cl)C(=O)N(c4ccc(F)cc4)C3=O)cc2)c1. The Morgan fingerprint density at radius 3 is 2.23 bits per heavy atom. The quantitative estimate of drug-likeness (QED) is 0.467. The second kappa shape index (κ2) is 9.86. The van der Waals surface area contributed by atoms with Crippen LogP contribution in [0.15, 0.2) is 77.5 Å². The van der Waals surface area contributed by atoms with Gasteiger partial charge in [-0.2, -0.15) is 0 Å². The Labute approximate surface area is 204 Å². The lowest BCUT2D eigenvalue weighted by Gasteiger charge is -2.15. The molecule has 3 aromatic rings. The summed E-state index contributed by atoms with van der Waals surface area (Å²) in [5, 5.41) is 5.29. The zero-order valence-corrected chi connectivity index (χ0v) is 19.4. The summed E-state index contributed by atoms with van der Waals surface area (Å²) >= 11 is 6.12. The van der Waals surface area contributed by atoms with Crippen molar-refractivity contribution in [2.45, 2.75) is 0 Å². The zero-order chi connectivity index (χ0) is 25.1. The van der Waals surface area contributed by atoms with Gasteiger partial charge in [-0.3, -0.25) is 14.4 Å². The molecule has 8 nitrogen and oxygen atoms in total. The van der Waals surface area contributed by atoms with Gasteiger partial charge in [0, 0.05) is 17.3 Å². The molecule has 3 amide bonds. The van der Waals surface area contributed by atoms with Crippen LogP contribution >= 0.6 is 11.6 Å². The predicted molar refractivity (Wildman–Crippen MR) is 129 cm³/mol. The van der Waals surface area contributed by atoms with E-state index in [0.29, 0.717) is 28.4 Å². The Kier molecular flexibility index (Phi) is 6.70. The fraction of sp³-hybridized carbons (Fsp3) is 0.0800. The van der Waals surface area contributed by atoms with Crippen LogP contribution in [0.25, 0.3) is 0 Å². The van der Waals surface area contributed by atoms with Gasteiger partial charge in [0.1, 0.15) is 28.0 Å². The molecule has 178 valence electrons. The zero-order valence-electron chi connectivity index (χ0n) is 18.6. The summed E-state index contributed by atoms with van der Waals surface area (Å²) in [7, 11) is 3.01. The number of imide groups is 1. The van der Waals surface area contributed by atoms with E-state index in [4.69, 9.17) is 21.1 Å². The van der Waals surface area contributed by atoms with Gasteiger partial charge >= 0.3 is 0 Å². The lowest BCUT2D eigenvalue weighted by Crippen LogP contribution is -2.32. The van der Waals surface area contributed by atoms with Gasteiger partial charge in [0.2, 0.25) is 0 Å². The van der Waals surface area contributed by atoms with E-state index in [1.165, 1.54) is 38.5 Å². The van der Waals surface area contributed by atoms with E-state index in [1.54, 1.807) is 30.3 Å². The summed E-state index contributed by atoms with van der Waals surface area (Å²) in [5.41, 5.74) is 1.26. The highest BCUT2D eigenvalue weighted by Gasteiger charge is 2.38. The molecule has 0 atom stereocenters. The van der Waals surface area contributed by atoms with Crippen molar-refractivity contribution in [3.05, 3.63) is 88.8 Å². The summed E-state index contributed by atoms with van der Waals surface area (Å²) in [6.07, 6.45) is 0. The van der Waals surface area contributed by atoms with E-state index in [-0.39, 0.29) is 16.4 Å². The van der Waals surface area contributed by atoms with Crippen molar-refractivity contribution in [3.8, 4) is 11.5 Å². The Balaban J connectivity index is 1.48. The Morgan fingerprint density at radius 2 is 1.60 bits per heavy atom. The van der Waals surface area contributed by atoms with Crippen LogP contribution in [0.1, 0.15) is 10.4 Å². The largest absolute Gasteiger partial charge is 0.497 e. The molecule has 3 aromatic carbocycles. The summed E-state index contributed by atoms with van der Waals surface area (Å²) < 4.78 is 23.7. The maximum atomic E-state index is 13.2. The Bertz CT molecular complexity index is 1340. The smallest absolute Gasteiger partial charge is 0.283 e. The first kappa shape index (κ1) is 23.8. The lowest BCUT2D eigenvalue weighted by atomic mass is 10.1.